The Hall–Kier alpha value is -4.62. The fraction of sp³-hybridized carbons (Fsp3) is 0.469. The second-order valence-corrected chi connectivity index (χ2v) is 12.0. The van der Waals surface area contributed by atoms with Crippen molar-refractivity contribution in [2.45, 2.75) is 58.7 Å². The van der Waals surface area contributed by atoms with Crippen LogP contribution in [0.3, 0.4) is 0 Å². The topological polar surface area (TPSA) is 138 Å². The predicted octanol–water partition coefficient (Wildman–Crippen LogP) is 4.38. The van der Waals surface area contributed by atoms with E-state index in [1.807, 2.05) is 25.7 Å². The SMILES string of the molecule is CCOc1cc2c(cc1C(=O)NC)C(=N)N(CC(=O)c1cc(N3CCCC3)c(OCC(=O)OC(=O)C(F)(F)F)c(C(C)(C)C)c1)C2. The lowest BCUT2D eigenvalue weighted by Crippen LogP contribution is -2.31. The number of benzene rings is 2. The molecule has 11 nitrogen and oxygen atoms in total. The van der Waals surface area contributed by atoms with Crippen LogP contribution in [0.2, 0.25) is 0 Å². The van der Waals surface area contributed by atoms with E-state index in [2.05, 4.69) is 10.1 Å². The van der Waals surface area contributed by atoms with Gasteiger partial charge in [0, 0.05) is 43.4 Å². The van der Waals surface area contributed by atoms with Gasteiger partial charge in [-0.1, -0.05) is 20.8 Å². The van der Waals surface area contributed by atoms with Crippen LogP contribution in [0.4, 0.5) is 18.9 Å². The van der Waals surface area contributed by atoms with Crippen LogP contribution in [0.25, 0.3) is 0 Å². The zero-order chi connectivity index (χ0) is 34.0. The van der Waals surface area contributed by atoms with E-state index in [0.717, 1.165) is 18.4 Å². The zero-order valence-corrected chi connectivity index (χ0v) is 26.4. The highest BCUT2D eigenvalue weighted by molar-refractivity contribution is 6.08. The summed E-state index contributed by atoms with van der Waals surface area (Å²) < 4.78 is 53.1. The van der Waals surface area contributed by atoms with Crippen LogP contribution < -0.4 is 19.7 Å². The second-order valence-electron chi connectivity index (χ2n) is 12.0. The number of carbonyl (C=O) groups is 4. The maximum atomic E-state index is 13.8. The van der Waals surface area contributed by atoms with Gasteiger partial charge in [-0.05, 0) is 55.0 Å². The summed E-state index contributed by atoms with van der Waals surface area (Å²) in [4.78, 5) is 53.1. The van der Waals surface area contributed by atoms with Crippen molar-refractivity contribution in [1.29, 1.82) is 5.41 Å². The quantitative estimate of drug-likeness (QED) is 0.219. The molecule has 0 aliphatic carbocycles. The molecule has 0 unspecified atom stereocenters. The van der Waals surface area contributed by atoms with Gasteiger partial charge in [-0.25, -0.2) is 9.59 Å². The van der Waals surface area contributed by atoms with Crippen LogP contribution in [0.1, 0.15) is 77.9 Å². The standard InChI is InChI=1S/C32H37F3N4O7/c1-6-44-25-13-19-15-39(28(36)20(19)14-21(25)29(42)37-5)16-24(40)18-11-22(31(2,3)4)27(23(12-18)38-9-7-8-10-38)45-17-26(41)46-30(43)32(33,34)35/h11-14,36H,6-10,15-17H2,1-5H3,(H,37,42). The van der Waals surface area contributed by atoms with Gasteiger partial charge in [0.05, 0.1) is 24.4 Å². The first kappa shape index (κ1) is 34.3. The van der Waals surface area contributed by atoms with Crippen molar-refractivity contribution in [3.05, 3.63) is 52.1 Å². The fourth-order valence-electron chi connectivity index (χ4n) is 5.41. The van der Waals surface area contributed by atoms with Crippen molar-refractivity contribution in [3.8, 4) is 11.5 Å². The first-order chi connectivity index (χ1) is 21.5. The first-order valence-corrected chi connectivity index (χ1v) is 14.8. The molecule has 2 heterocycles. The molecule has 1 fully saturated rings. The number of ether oxygens (including phenoxy) is 3. The van der Waals surface area contributed by atoms with E-state index in [9.17, 15) is 32.3 Å². The molecule has 1 amide bonds. The largest absolute Gasteiger partial charge is 0.493 e. The van der Waals surface area contributed by atoms with Crippen LogP contribution in [0.5, 0.6) is 11.5 Å². The van der Waals surface area contributed by atoms with Crippen molar-refractivity contribution in [3.63, 3.8) is 0 Å². The molecule has 0 atom stereocenters. The second kappa shape index (κ2) is 13.4. The van der Waals surface area contributed by atoms with E-state index in [0.29, 0.717) is 47.8 Å². The number of halogens is 3. The third-order valence-electron chi connectivity index (χ3n) is 7.66. The maximum Gasteiger partial charge on any atom is 0.491 e. The molecule has 2 aliphatic rings. The lowest BCUT2D eigenvalue weighted by atomic mass is 9.84. The zero-order valence-electron chi connectivity index (χ0n) is 26.4. The Labute approximate surface area is 264 Å². The molecule has 1 saturated heterocycles. The molecule has 2 aliphatic heterocycles. The van der Waals surface area contributed by atoms with E-state index < -0.39 is 30.1 Å². The van der Waals surface area contributed by atoms with Crippen molar-refractivity contribution in [2.24, 2.45) is 0 Å². The normalized spacial score (nSPS) is 14.7. The van der Waals surface area contributed by atoms with E-state index in [1.54, 1.807) is 36.1 Å². The average molecular weight is 647 g/mol. The summed E-state index contributed by atoms with van der Waals surface area (Å²) >= 11 is 0. The summed E-state index contributed by atoms with van der Waals surface area (Å²) in [6, 6.07) is 6.54. The summed E-state index contributed by atoms with van der Waals surface area (Å²) in [6.07, 6.45) is -3.62. The molecule has 0 bridgehead atoms. The number of amides is 1. The van der Waals surface area contributed by atoms with Gasteiger partial charge in [0.25, 0.3) is 5.91 Å². The molecular formula is C32H37F3N4O7. The Bertz CT molecular complexity index is 1560. The number of Topliss-reactive ketones (excluding diaryl/α,β-unsaturated/α-hetero) is 1. The first-order valence-electron chi connectivity index (χ1n) is 14.8. The van der Waals surface area contributed by atoms with E-state index >= 15 is 0 Å². The Balaban J connectivity index is 1.64. The Morgan fingerprint density at radius 2 is 1.67 bits per heavy atom. The highest BCUT2D eigenvalue weighted by atomic mass is 19.4. The molecule has 0 aromatic heterocycles. The highest BCUT2D eigenvalue weighted by Crippen LogP contribution is 2.42. The predicted molar refractivity (Wildman–Crippen MR) is 162 cm³/mol. The average Bonchev–Trinajstić information content (AvgIpc) is 3.62. The van der Waals surface area contributed by atoms with Gasteiger partial charge in [0.15, 0.2) is 12.4 Å². The van der Waals surface area contributed by atoms with Gasteiger partial charge in [-0.15, -0.1) is 0 Å². The number of ketones is 1. The number of esters is 2. The monoisotopic (exact) mass is 646 g/mol. The number of fused-ring (bicyclic) bond motifs is 1. The number of amidine groups is 1. The van der Waals surface area contributed by atoms with Gasteiger partial charge in [0.2, 0.25) is 0 Å². The molecule has 0 spiro atoms. The minimum absolute atomic E-state index is 0.0826. The minimum Gasteiger partial charge on any atom is -0.493 e. The third kappa shape index (κ3) is 7.43. The van der Waals surface area contributed by atoms with Gasteiger partial charge < -0.3 is 29.3 Å². The van der Waals surface area contributed by atoms with Gasteiger partial charge >= 0.3 is 18.1 Å². The van der Waals surface area contributed by atoms with Crippen molar-refractivity contribution in [2.75, 3.05) is 44.8 Å². The number of nitrogens with one attached hydrogen (secondary N) is 2. The van der Waals surface area contributed by atoms with Crippen LogP contribution in [0.15, 0.2) is 24.3 Å². The van der Waals surface area contributed by atoms with Crippen LogP contribution in [-0.2, 0) is 26.3 Å². The summed E-state index contributed by atoms with van der Waals surface area (Å²) in [5.41, 5.74) is 2.22. The number of nitrogens with zero attached hydrogens (tertiary/aromatic N) is 2. The third-order valence-corrected chi connectivity index (χ3v) is 7.66. The molecule has 14 heteroatoms. The van der Waals surface area contributed by atoms with Crippen LogP contribution in [0, 0.1) is 5.41 Å². The molecule has 248 valence electrons. The molecule has 2 aromatic carbocycles. The number of anilines is 1. The van der Waals surface area contributed by atoms with Crippen molar-refractivity contribution in [1.82, 2.24) is 10.2 Å². The molecule has 46 heavy (non-hydrogen) atoms. The molecule has 2 N–H and O–H groups in total. The number of alkyl halides is 3. The van der Waals surface area contributed by atoms with E-state index in [4.69, 9.17) is 14.9 Å². The van der Waals surface area contributed by atoms with Crippen molar-refractivity contribution >= 4 is 35.2 Å². The van der Waals surface area contributed by atoms with Gasteiger partial charge in [0.1, 0.15) is 17.3 Å². The number of rotatable bonds is 10. The molecule has 0 saturated carbocycles. The Kier molecular flexibility index (Phi) is 9.97. The Morgan fingerprint density at radius 1 is 1.00 bits per heavy atom. The highest BCUT2D eigenvalue weighted by Gasteiger charge is 2.42. The van der Waals surface area contributed by atoms with Crippen LogP contribution in [-0.4, -0.2) is 80.4 Å². The van der Waals surface area contributed by atoms with Gasteiger partial charge in [-0.2, -0.15) is 13.2 Å². The minimum atomic E-state index is -5.33. The molecule has 0 radical (unpaired) electrons. The van der Waals surface area contributed by atoms with E-state index in [1.165, 1.54) is 7.05 Å². The number of carbonyl (C=O) groups excluding carboxylic acids is 4. The molecular weight excluding hydrogens is 609 g/mol. The smallest absolute Gasteiger partial charge is 0.491 e. The Morgan fingerprint density at radius 3 is 2.26 bits per heavy atom. The summed E-state index contributed by atoms with van der Waals surface area (Å²) in [5, 5.41) is 11.4. The van der Waals surface area contributed by atoms with Gasteiger partial charge in [-0.3, -0.25) is 15.0 Å². The molecule has 2 aromatic rings. The maximum absolute atomic E-state index is 13.8. The molecule has 4 rings (SSSR count). The number of hydrogen-bond donors (Lipinski definition) is 2. The summed E-state index contributed by atoms with van der Waals surface area (Å²) in [6.45, 7) is 8.09. The van der Waals surface area contributed by atoms with Crippen molar-refractivity contribution < 1.29 is 46.6 Å². The summed E-state index contributed by atoms with van der Waals surface area (Å²) in [7, 11) is 1.50. The fourth-order valence-corrected chi connectivity index (χ4v) is 5.41. The lowest BCUT2D eigenvalue weighted by Gasteiger charge is -2.29. The summed E-state index contributed by atoms with van der Waals surface area (Å²) in [5.74, 6) is -4.13. The van der Waals surface area contributed by atoms with Crippen LogP contribution >= 0.6 is 0 Å². The van der Waals surface area contributed by atoms with E-state index in [-0.39, 0.29) is 41.9 Å². The number of hydrogen-bond acceptors (Lipinski definition) is 9. The lowest BCUT2D eigenvalue weighted by molar-refractivity contribution is -0.202.